The molecular weight excluding hydrogens is 188 g/mol. The quantitative estimate of drug-likeness (QED) is 0.625. The summed E-state index contributed by atoms with van der Waals surface area (Å²) in [4.78, 5) is 0. The van der Waals surface area contributed by atoms with Crippen molar-refractivity contribution in [3.05, 3.63) is 46.9 Å². The van der Waals surface area contributed by atoms with Crippen LogP contribution in [0.25, 0.3) is 0 Å². The second kappa shape index (κ2) is 2.97. The summed E-state index contributed by atoms with van der Waals surface area (Å²) in [6.45, 7) is 1.71. The van der Waals surface area contributed by atoms with Gasteiger partial charge in [0.2, 0.25) is 0 Å². The standard InChI is InChI=1S/C10H9F2NO/c1-5-2-6-3-8(13-5)7(11)4-9(14)10(6)12/h2-4,8,13-14H,1H3. The van der Waals surface area contributed by atoms with Gasteiger partial charge in [-0.2, -0.15) is 0 Å². The topological polar surface area (TPSA) is 32.3 Å². The Labute approximate surface area is 79.9 Å². The van der Waals surface area contributed by atoms with Gasteiger partial charge in [-0.15, -0.1) is 0 Å². The summed E-state index contributed by atoms with van der Waals surface area (Å²) < 4.78 is 26.6. The smallest absolute Gasteiger partial charge is 0.171 e. The Balaban J connectivity index is 2.55. The van der Waals surface area contributed by atoms with Crippen LogP contribution in [0.1, 0.15) is 6.92 Å². The highest BCUT2D eigenvalue weighted by Gasteiger charge is 2.23. The highest BCUT2D eigenvalue weighted by Crippen LogP contribution is 2.28. The predicted octanol–water partition coefficient (Wildman–Crippen LogP) is 2.39. The van der Waals surface area contributed by atoms with Gasteiger partial charge in [0.05, 0.1) is 6.04 Å². The number of halogens is 2. The molecule has 4 heteroatoms. The summed E-state index contributed by atoms with van der Waals surface area (Å²) in [5.74, 6) is -2.05. The van der Waals surface area contributed by atoms with Crippen molar-refractivity contribution < 1.29 is 13.9 Å². The lowest BCUT2D eigenvalue weighted by molar-refractivity contribution is 0.401. The molecule has 74 valence electrons. The van der Waals surface area contributed by atoms with Gasteiger partial charge in [0.1, 0.15) is 5.83 Å². The van der Waals surface area contributed by atoms with E-state index in [1.54, 1.807) is 6.92 Å². The number of hydrogen-bond donors (Lipinski definition) is 2. The third-order valence-corrected chi connectivity index (χ3v) is 2.15. The Hall–Kier alpha value is -1.58. The van der Waals surface area contributed by atoms with E-state index < -0.39 is 23.5 Å². The fourth-order valence-electron chi connectivity index (χ4n) is 1.51. The first-order valence-corrected chi connectivity index (χ1v) is 4.21. The molecule has 0 saturated heterocycles. The summed E-state index contributed by atoms with van der Waals surface area (Å²) in [6.07, 6.45) is 3.72. The maximum Gasteiger partial charge on any atom is 0.171 e. The lowest BCUT2D eigenvalue weighted by Crippen LogP contribution is -2.28. The molecule has 2 rings (SSSR count). The average molecular weight is 197 g/mol. The predicted molar refractivity (Wildman–Crippen MR) is 48.7 cm³/mol. The van der Waals surface area contributed by atoms with E-state index in [2.05, 4.69) is 5.32 Å². The van der Waals surface area contributed by atoms with E-state index in [-0.39, 0.29) is 5.57 Å². The largest absolute Gasteiger partial charge is 0.505 e. The van der Waals surface area contributed by atoms with E-state index in [0.717, 1.165) is 6.08 Å². The summed E-state index contributed by atoms with van der Waals surface area (Å²) >= 11 is 0. The Bertz CT molecular complexity index is 404. The second-order valence-electron chi connectivity index (χ2n) is 3.30. The van der Waals surface area contributed by atoms with E-state index in [1.165, 1.54) is 12.2 Å². The van der Waals surface area contributed by atoms with Crippen LogP contribution in [-0.4, -0.2) is 11.1 Å². The maximum atomic E-state index is 13.3. The molecule has 0 spiro atoms. The molecule has 14 heavy (non-hydrogen) atoms. The monoisotopic (exact) mass is 197 g/mol. The number of rotatable bonds is 0. The first-order valence-electron chi connectivity index (χ1n) is 4.21. The lowest BCUT2D eigenvalue weighted by atomic mass is 10.1. The summed E-state index contributed by atoms with van der Waals surface area (Å²) in [5, 5.41) is 12.0. The van der Waals surface area contributed by atoms with Gasteiger partial charge in [-0.3, -0.25) is 0 Å². The van der Waals surface area contributed by atoms with Gasteiger partial charge >= 0.3 is 0 Å². The van der Waals surface area contributed by atoms with Crippen LogP contribution in [0.2, 0.25) is 0 Å². The van der Waals surface area contributed by atoms with Crippen molar-refractivity contribution in [2.45, 2.75) is 13.0 Å². The van der Waals surface area contributed by atoms with Gasteiger partial charge < -0.3 is 10.4 Å². The minimum atomic E-state index is -0.788. The number of fused-ring (bicyclic) bond motifs is 1. The molecule has 0 fully saturated rings. The zero-order valence-electron chi connectivity index (χ0n) is 7.51. The van der Waals surface area contributed by atoms with Crippen LogP contribution in [0.3, 0.4) is 0 Å². The van der Waals surface area contributed by atoms with Crippen molar-refractivity contribution in [1.29, 1.82) is 0 Å². The summed E-state index contributed by atoms with van der Waals surface area (Å²) in [6, 6.07) is -0.676. The van der Waals surface area contributed by atoms with Crippen LogP contribution in [0.4, 0.5) is 8.78 Å². The molecule has 0 aromatic rings. The first-order chi connectivity index (χ1) is 6.58. The molecule has 0 saturated carbocycles. The van der Waals surface area contributed by atoms with Crippen molar-refractivity contribution in [2.24, 2.45) is 0 Å². The van der Waals surface area contributed by atoms with Crippen molar-refractivity contribution >= 4 is 0 Å². The van der Waals surface area contributed by atoms with Gasteiger partial charge in [-0.25, -0.2) is 8.78 Å². The van der Waals surface area contributed by atoms with E-state index >= 15 is 0 Å². The SMILES string of the molecule is CC1=CC2=CC(N1)C(F)=CC(O)=C2F. The molecule has 1 aliphatic heterocycles. The molecule has 0 radical (unpaired) electrons. The fourth-order valence-corrected chi connectivity index (χ4v) is 1.51. The number of hydrogen-bond acceptors (Lipinski definition) is 2. The highest BCUT2D eigenvalue weighted by atomic mass is 19.1. The maximum absolute atomic E-state index is 13.3. The normalized spacial score (nSPS) is 25.9. The van der Waals surface area contributed by atoms with Crippen LogP contribution in [0.15, 0.2) is 46.9 Å². The molecule has 1 aliphatic carbocycles. The Kier molecular flexibility index (Phi) is 1.91. The van der Waals surface area contributed by atoms with Gasteiger partial charge in [-0.05, 0) is 19.1 Å². The molecule has 2 nitrogen and oxygen atoms in total. The van der Waals surface area contributed by atoms with Crippen molar-refractivity contribution in [1.82, 2.24) is 5.32 Å². The van der Waals surface area contributed by atoms with Crippen LogP contribution < -0.4 is 5.32 Å². The van der Waals surface area contributed by atoms with Crippen LogP contribution in [0.5, 0.6) is 0 Å². The number of nitrogens with one attached hydrogen (secondary N) is 1. The van der Waals surface area contributed by atoms with Crippen LogP contribution >= 0.6 is 0 Å². The number of aliphatic hydroxyl groups excluding tert-OH is 1. The fraction of sp³-hybridized carbons (Fsp3) is 0.200. The highest BCUT2D eigenvalue weighted by molar-refractivity contribution is 5.48. The first kappa shape index (κ1) is 8.99. The van der Waals surface area contributed by atoms with Gasteiger partial charge in [-0.1, -0.05) is 0 Å². The molecule has 2 N–H and O–H groups in total. The molecule has 1 atom stereocenters. The second-order valence-corrected chi connectivity index (χ2v) is 3.30. The Morgan fingerprint density at radius 2 is 2.07 bits per heavy atom. The van der Waals surface area contributed by atoms with Crippen LogP contribution in [-0.2, 0) is 0 Å². The molecule has 0 amide bonds. The van der Waals surface area contributed by atoms with Gasteiger partial charge in [0.15, 0.2) is 11.6 Å². The number of dihydropyridines is 1. The van der Waals surface area contributed by atoms with Crippen molar-refractivity contribution in [3.63, 3.8) is 0 Å². The van der Waals surface area contributed by atoms with Gasteiger partial charge in [0.25, 0.3) is 0 Å². The van der Waals surface area contributed by atoms with Crippen molar-refractivity contribution in [3.8, 4) is 0 Å². The van der Waals surface area contributed by atoms with E-state index in [4.69, 9.17) is 5.11 Å². The average Bonchev–Trinajstić information content (AvgIpc) is 2.20. The molecule has 1 heterocycles. The number of allylic oxidation sites excluding steroid dienone is 5. The van der Waals surface area contributed by atoms with E-state index in [0.29, 0.717) is 5.70 Å². The zero-order chi connectivity index (χ0) is 10.3. The summed E-state index contributed by atoms with van der Waals surface area (Å²) in [7, 11) is 0. The molecule has 2 bridgehead atoms. The number of aliphatic hydroxyl groups is 1. The third-order valence-electron chi connectivity index (χ3n) is 2.15. The molecule has 0 aromatic heterocycles. The Morgan fingerprint density at radius 1 is 1.36 bits per heavy atom. The third kappa shape index (κ3) is 1.32. The zero-order valence-corrected chi connectivity index (χ0v) is 7.51. The Morgan fingerprint density at radius 3 is 2.79 bits per heavy atom. The van der Waals surface area contributed by atoms with E-state index in [9.17, 15) is 8.78 Å². The molecular formula is C10H9F2NO. The minimum Gasteiger partial charge on any atom is -0.505 e. The van der Waals surface area contributed by atoms with Crippen molar-refractivity contribution in [2.75, 3.05) is 0 Å². The molecule has 2 aliphatic rings. The van der Waals surface area contributed by atoms with Gasteiger partial charge in [0, 0.05) is 17.3 Å². The molecule has 1 unspecified atom stereocenters. The minimum absolute atomic E-state index is 0.215. The van der Waals surface area contributed by atoms with Crippen LogP contribution in [0, 0.1) is 0 Å². The van der Waals surface area contributed by atoms with E-state index in [1.807, 2.05) is 0 Å². The summed E-state index contributed by atoms with van der Waals surface area (Å²) in [5.41, 5.74) is 0.883. The molecule has 0 aromatic carbocycles. The lowest BCUT2D eigenvalue weighted by Gasteiger charge is -2.19.